The summed E-state index contributed by atoms with van der Waals surface area (Å²) in [6.45, 7) is 1.92. The van der Waals surface area contributed by atoms with Gasteiger partial charge in [0.2, 0.25) is 0 Å². The molecule has 0 bridgehead atoms. The van der Waals surface area contributed by atoms with Gasteiger partial charge in [0.05, 0.1) is 11.4 Å². The SMILES string of the molecule is c1c[nH]c(-c2nc3c(c(C4CC4)n2)CNCC3)n1. The summed E-state index contributed by atoms with van der Waals surface area (Å²) >= 11 is 0. The predicted molar refractivity (Wildman–Crippen MR) is 67.0 cm³/mol. The first-order valence-corrected chi connectivity index (χ1v) is 6.52. The number of hydrogen-bond acceptors (Lipinski definition) is 4. The van der Waals surface area contributed by atoms with Gasteiger partial charge in [-0.05, 0) is 12.8 Å². The minimum absolute atomic E-state index is 0.648. The lowest BCUT2D eigenvalue weighted by molar-refractivity contribution is 0.617. The van der Waals surface area contributed by atoms with Crippen molar-refractivity contribution in [1.82, 2.24) is 25.3 Å². The molecule has 2 aliphatic rings. The summed E-state index contributed by atoms with van der Waals surface area (Å²) in [6, 6.07) is 0. The third-order valence-electron chi connectivity index (χ3n) is 3.64. The Balaban J connectivity index is 1.87. The normalized spacial score (nSPS) is 18.7. The molecule has 0 unspecified atom stereocenters. The monoisotopic (exact) mass is 241 g/mol. The van der Waals surface area contributed by atoms with Gasteiger partial charge in [0, 0.05) is 43.4 Å². The number of aromatic nitrogens is 4. The summed E-state index contributed by atoms with van der Waals surface area (Å²) in [5.74, 6) is 2.18. The summed E-state index contributed by atoms with van der Waals surface area (Å²) in [6.07, 6.45) is 7.08. The molecule has 1 fully saturated rings. The smallest absolute Gasteiger partial charge is 0.196 e. The van der Waals surface area contributed by atoms with Gasteiger partial charge in [-0.1, -0.05) is 0 Å². The Bertz CT molecular complexity index is 571. The zero-order valence-electron chi connectivity index (χ0n) is 10.1. The summed E-state index contributed by atoms with van der Waals surface area (Å²) in [4.78, 5) is 16.8. The van der Waals surface area contributed by atoms with E-state index in [9.17, 15) is 0 Å². The summed E-state index contributed by atoms with van der Waals surface area (Å²) in [5, 5.41) is 3.41. The number of hydrogen-bond donors (Lipinski definition) is 2. The van der Waals surface area contributed by atoms with Crippen molar-refractivity contribution in [3.63, 3.8) is 0 Å². The van der Waals surface area contributed by atoms with E-state index in [4.69, 9.17) is 4.98 Å². The Kier molecular flexibility index (Phi) is 2.20. The number of imidazole rings is 1. The third kappa shape index (κ3) is 1.62. The molecule has 0 saturated heterocycles. The second kappa shape index (κ2) is 3.88. The van der Waals surface area contributed by atoms with Crippen LogP contribution in [0, 0.1) is 0 Å². The summed E-state index contributed by atoms with van der Waals surface area (Å²) in [7, 11) is 0. The number of rotatable bonds is 2. The first-order chi connectivity index (χ1) is 8.92. The molecule has 5 nitrogen and oxygen atoms in total. The van der Waals surface area contributed by atoms with Gasteiger partial charge in [0.15, 0.2) is 11.6 Å². The van der Waals surface area contributed by atoms with Crippen LogP contribution in [0.5, 0.6) is 0 Å². The predicted octanol–water partition coefficient (Wildman–Crippen LogP) is 1.39. The standard InChI is InChI=1S/C13H15N5/c1-2-8(1)11-9-7-14-4-3-10(9)17-13(18-11)12-15-5-6-16-12/h5-6,8,14H,1-4,7H2,(H,15,16). The van der Waals surface area contributed by atoms with E-state index >= 15 is 0 Å². The van der Waals surface area contributed by atoms with Crippen LogP contribution >= 0.6 is 0 Å². The highest BCUT2D eigenvalue weighted by atomic mass is 15.0. The first-order valence-electron chi connectivity index (χ1n) is 6.52. The second-order valence-corrected chi connectivity index (χ2v) is 5.00. The van der Waals surface area contributed by atoms with Crippen LogP contribution in [0.15, 0.2) is 12.4 Å². The molecular formula is C13H15N5. The Morgan fingerprint density at radius 3 is 2.94 bits per heavy atom. The highest BCUT2D eigenvalue weighted by Gasteiger charge is 2.31. The summed E-state index contributed by atoms with van der Waals surface area (Å²) in [5.41, 5.74) is 3.79. The Hall–Kier alpha value is -1.75. The fraction of sp³-hybridized carbons (Fsp3) is 0.462. The molecule has 1 saturated carbocycles. The minimum atomic E-state index is 0.648. The third-order valence-corrected chi connectivity index (χ3v) is 3.64. The maximum Gasteiger partial charge on any atom is 0.196 e. The maximum absolute atomic E-state index is 4.75. The fourth-order valence-electron chi connectivity index (χ4n) is 2.56. The van der Waals surface area contributed by atoms with Gasteiger partial charge in [0.1, 0.15) is 0 Å². The molecule has 2 N–H and O–H groups in total. The number of nitrogens with zero attached hydrogens (tertiary/aromatic N) is 3. The largest absolute Gasteiger partial charge is 0.342 e. The van der Waals surface area contributed by atoms with Gasteiger partial charge in [0.25, 0.3) is 0 Å². The number of H-pyrrole nitrogens is 1. The van der Waals surface area contributed by atoms with E-state index in [2.05, 4.69) is 20.3 Å². The van der Waals surface area contributed by atoms with Crippen molar-refractivity contribution < 1.29 is 0 Å². The molecule has 18 heavy (non-hydrogen) atoms. The Morgan fingerprint density at radius 1 is 1.22 bits per heavy atom. The van der Waals surface area contributed by atoms with Crippen LogP contribution in [-0.2, 0) is 13.0 Å². The zero-order valence-corrected chi connectivity index (χ0v) is 10.1. The van der Waals surface area contributed by atoms with Crippen molar-refractivity contribution >= 4 is 0 Å². The molecule has 0 spiro atoms. The molecule has 1 aliphatic heterocycles. The van der Waals surface area contributed by atoms with Gasteiger partial charge in [-0.15, -0.1) is 0 Å². The van der Waals surface area contributed by atoms with Crippen LogP contribution in [0.1, 0.15) is 35.7 Å². The van der Waals surface area contributed by atoms with Crippen LogP contribution in [0.25, 0.3) is 11.6 Å². The molecule has 0 aromatic carbocycles. The van der Waals surface area contributed by atoms with Gasteiger partial charge < -0.3 is 10.3 Å². The van der Waals surface area contributed by atoms with Gasteiger partial charge in [-0.25, -0.2) is 15.0 Å². The van der Waals surface area contributed by atoms with Crippen molar-refractivity contribution in [2.75, 3.05) is 6.54 Å². The lowest BCUT2D eigenvalue weighted by Crippen LogP contribution is -2.26. The van der Waals surface area contributed by atoms with Crippen LogP contribution in [0.3, 0.4) is 0 Å². The van der Waals surface area contributed by atoms with Crippen LogP contribution in [-0.4, -0.2) is 26.5 Å². The highest BCUT2D eigenvalue weighted by molar-refractivity contribution is 5.47. The van der Waals surface area contributed by atoms with E-state index in [-0.39, 0.29) is 0 Å². The second-order valence-electron chi connectivity index (χ2n) is 5.00. The number of nitrogens with one attached hydrogen (secondary N) is 2. The van der Waals surface area contributed by atoms with Gasteiger partial charge in [-0.2, -0.15) is 0 Å². The lowest BCUT2D eigenvalue weighted by Gasteiger charge is -2.19. The molecular weight excluding hydrogens is 226 g/mol. The molecule has 92 valence electrons. The number of aromatic amines is 1. The van der Waals surface area contributed by atoms with Crippen molar-refractivity contribution in [2.45, 2.75) is 31.7 Å². The van der Waals surface area contributed by atoms with E-state index in [0.29, 0.717) is 5.92 Å². The fourth-order valence-corrected chi connectivity index (χ4v) is 2.56. The van der Waals surface area contributed by atoms with E-state index in [1.807, 2.05) is 6.20 Å². The van der Waals surface area contributed by atoms with Crippen LogP contribution < -0.4 is 5.32 Å². The van der Waals surface area contributed by atoms with E-state index in [0.717, 1.165) is 31.2 Å². The van der Waals surface area contributed by atoms with E-state index < -0.39 is 0 Å². The molecule has 5 heteroatoms. The first kappa shape index (κ1) is 10.2. The van der Waals surface area contributed by atoms with Crippen LogP contribution in [0.4, 0.5) is 0 Å². The molecule has 0 atom stereocenters. The molecule has 0 amide bonds. The molecule has 1 aliphatic carbocycles. The van der Waals surface area contributed by atoms with Crippen molar-refractivity contribution in [3.8, 4) is 11.6 Å². The van der Waals surface area contributed by atoms with Gasteiger partial charge in [-0.3, -0.25) is 0 Å². The zero-order chi connectivity index (χ0) is 11.9. The highest BCUT2D eigenvalue weighted by Crippen LogP contribution is 2.42. The quantitative estimate of drug-likeness (QED) is 0.833. The Morgan fingerprint density at radius 2 is 2.17 bits per heavy atom. The average Bonchev–Trinajstić information content (AvgIpc) is 3.12. The van der Waals surface area contributed by atoms with E-state index in [1.165, 1.54) is 29.8 Å². The molecule has 0 radical (unpaired) electrons. The molecule has 2 aromatic rings. The van der Waals surface area contributed by atoms with Crippen LogP contribution in [0.2, 0.25) is 0 Å². The molecule has 3 heterocycles. The van der Waals surface area contributed by atoms with E-state index in [1.54, 1.807) is 6.20 Å². The Labute approximate surface area is 105 Å². The average molecular weight is 241 g/mol. The topological polar surface area (TPSA) is 66.5 Å². The molecule has 4 rings (SSSR count). The van der Waals surface area contributed by atoms with Crippen molar-refractivity contribution in [1.29, 1.82) is 0 Å². The van der Waals surface area contributed by atoms with Gasteiger partial charge >= 0.3 is 0 Å². The van der Waals surface area contributed by atoms with Crippen molar-refractivity contribution in [2.24, 2.45) is 0 Å². The lowest BCUT2D eigenvalue weighted by atomic mass is 10.0. The van der Waals surface area contributed by atoms with Crippen molar-refractivity contribution in [3.05, 3.63) is 29.3 Å². The maximum atomic E-state index is 4.75. The number of fused-ring (bicyclic) bond motifs is 1. The minimum Gasteiger partial charge on any atom is -0.342 e. The molecule has 2 aromatic heterocycles. The summed E-state index contributed by atoms with van der Waals surface area (Å²) < 4.78 is 0.